The summed E-state index contributed by atoms with van der Waals surface area (Å²) in [5.41, 5.74) is 1.18. The number of anilines is 1. The van der Waals surface area contributed by atoms with Gasteiger partial charge < -0.3 is 9.64 Å². The van der Waals surface area contributed by atoms with Gasteiger partial charge in [-0.25, -0.2) is 0 Å². The minimum absolute atomic E-state index is 0.0736. The highest BCUT2D eigenvalue weighted by atomic mass is 35.5. The van der Waals surface area contributed by atoms with Crippen LogP contribution >= 0.6 is 11.6 Å². The lowest BCUT2D eigenvalue weighted by atomic mass is 10.2. The molecular weight excluding hydrogens is 364 g/mol. The molecule has 1 amide bonds. The van der Waals surface area contributed by atoms with E-state index in [0.29, 0.717) is 29.6 Å². The van der Waals surface area contributed by atoms with E-state index in [2.05, 4.69) is 15.0 Å². The first-order valence-corrected chi connectivity index (χ1v) is 8.34. The second-order valence-electron chi connectivity index (χ2n) is 5.54. The van der Waals surface area contributed by atoms with Gasteiger partial charge in [0.1, 0.15) is 5.75 Å². The highest BCUT2D eigenvalue weighted by molar-refractivity contribution is 6.30. The Labute approximate surface area is 154 Å². The van der Waals surface area contributed by atoms with E-state index in [1.807, 2.05) is 4.90 Å². The maximum Gasteiger partial charge on any atom is 0.387 e. The fraction of sp³-hybridized carbons (Fsp3) is 0.222. The first kappa shape index (κ1) is 18.1. The van der Waals surface area contributed by atoms with Crippen LogP contribution in [-0.2, 0) is 0 Å². The van der Waals surface area contributed by atoms with Crippen molar-refractivity contribution in [1.29, 1.82) is 0 Å². The lowest BCUT2D eigenvalue weighted by Gasteiger charge is -2.29. The molecule has 5 nitrogen and oxygen atoms in total. The summed E-state index contributed by atoms with van der Waals surface area (Å²) in [7, 11) is 0. The van der Waals surface area contributed by atoms with Gasteiger partial charge in [0.05, 0.1) is 0 Å². The first-order valence-electron chi connectivity index (χ1n) is 7.97. The van der Waals surface area contributed by atoms with Crippen molar-refractivity contribution in [3.05, 3.63) is 59.1 Å². The first-order chi connectivity index (χ1) is 12.5. The lowest BCUT2D eigenvalue weighted by Crippen LogP contribution is -2.47. The fourth-order valence-corrected chi connectivity index (χ4v) is 2.67. The van der Waals surface area contributed by atoms with Gasteiger partial charge in [0, 0.05) is 29.4 Å². The van der Waals surface area contributed by atoms with Crippen molar-refractivity contribution in [2.45, 2.75) is 13.0 Å². The number of carbonyl (C=O) groups is 1. The number of halogens is 3. The number of benzene rings is 2. The van der Waals surface area contributed by atoms with E-state index in [1.54, 1.807) is 36.4 Å². The minimum Gasteiger partial charge on any atom is -0.435 e. The van der Waals surface area contributed by atoms with Crippen molar-refractivity contribution in [3.63, 3.8) is 0 Å². The van der Waals surface area contributed by atoms with Crippen LogP contribution in [0.5, 0.6) is 5.75 Å². The highest BCUT2D eigenvalue weighted by Crippen LogP contribution is 2.22. The van der Waals surface area contributed by atoms with E-state index in [1.165, 1.54) is 12.1 Å². The Balaban J connectivity index is 1.74. The van der Waals surface area contributed by atoms with E-state index in [4.69, 9.17) is 11.6 Å². The molecule has 0 spiro atoms. The van der Waals surface area contributed by atoms with Crippen LogP contribution in [0.25, 0.3) is 0 Å². The largest absolute Gasteiger partial charge is 0.435 e. The summed E-state index contributed by atoms with van der Waals surface area (Å²) < 4.78 is 28.9. The predicted molar refractivity (Wildman–Crippen MR) is 96.3 cm³/mol. The number of carbonyl (C=O) groups excluding carboxylic acids is 1. The molecule has 2 aromatic rings. The van der Waals surface area contributed by atoms with Crippen LogP contribution in [-0.4, -0.2) is 31.6 Å². The molecule has 0 aliphatic carbocycles. The van der Waals surface area contributed by atoms with Gasteiger partial charge in [-0.2, -0.15) is 8.78 Å². The molecular formula is C18H16ClF2N3O2. The van der Waals surface area contributed by atoms with Crippen molar-refractivity contribution >= 4 is 29.2 Å². The molecule has 2 aromatic carbocycles. The molecule has 0 unspecified atom stereocenters. The molecule has 26 heavy (non-hydrogen) atoms. The van der Waals surface area contributed by atoms with Gasteiger partial charge in [0.15, 0.2) is 0 Å². The normalized spacial score (nSPS) is 14.2. The van der Waals surface area contributed by atoms with Crippen LogP contribution in [0.4, 0.5) is 14.5 Å². The Morgan fingerprint density at radius 3 is 2.50 bits per heavy atom. The number of amides is 1. The van der Waals surface area contributed by atoms with Crippen molar-refractivity contribution in [2.75, 3.05) is 18.0 Å². The molecule has 0 fully saturated rings. The van der Waals surface area contributed by atoms with E-state index < -0.39 is 6.61 Å². The number of alkyl halides is 2. The predicted octanol–water partition coefficient (Wildman–Crippen LogP) is 3.94. The van der Waals surface area contributed by atoms with Crippen LogP contribution in [0.1, 0.15) is 16.8 Å². The summed E-state index contributed by atoms with van der Waals surface area (Å²) in [6.07, 6.45) is 0.815. The number of rotatable bonds is 4. The SMILES string of the molecule is O=C(NC1=NCCCN1c1ccc(OC(F)F)cc1)c1ccc(Cl)cc1. The molecule has 1 aliphatic rings. The summed E-state index contributed by atoms with van der Waals surface area (Å²) >= 11 is 5.83. The molecule has 0 aromatic heterocycles. The third-order valence-corrected chi connectivity index (χ3v) is 4.01. The van der Waals surface area contributed by atoms with Gasteiger partial charge in [-0.1, -0.05) is 11.6 Å². The van der Waals surface area contributed by atoms with Gasteiger partial charge in [-0.05, 0) is 55.0 Å². The van der Waals surface area contributed by atoms with Crippen molar-refractivity contribution in [3.8, 4) is 5.75 Å². The Morgan fingerprint density at radius 2 is 1.85 bits per heavy atom. The van der Waals surface area contributed by atoms with Crippen LogP contribution in [0.15, 0.2) is 53.5 Å². The van der Waals surface area contributed by atoms with Crippen molar-refractivity contribution in [1.82, 2.24) is 5.32 Å². The zero-order chi connectivity index (χ0) is 18.5. The topological polar surface area (TPSA) is 53.9 Å². The molecule has 3 rings (SSSR count). The highest BCUT2D eigenvalue weighted by Gasteiger charge is 2.20. The average molecular weight is 380 g/mol. The number of nitrogens with one attached hydrogen (secondary N) is 1. The number of nitrogens with zero attached hydrogens (tertiary/aromatic N) is 2. The number of hydrogen-bond donors (Lipinski definition) is 1. The molecule has 136 valence electrons. The second kappa shape index (κ2) is 8.14. The lowest BCUT2D eigenvalue weighted by molar-refractivity contribution is -0.0498. The van der Waals surface area contributed by atoms with Crippen LogP contribution < -0.4 is 15.0 Å². The summed E-state index contributed by atoms with van der Waals surface area (Å²) in [6.45, 7) is -1.62. The number of guanidine groups is 1. The van der Waals surface area contributed by atoms with E-state index in [0.717, 1.165) is 12.1 Å². The van der Waals surface area contributed by atoms with E-state index in [9.17, 15) is 13.6 Å². The minimum atomic E-state index is -2.87. The van der Waals surface area contributed by atoms with Gasteiger partial charge in [-0.3, -0.25) is 15.1 Å². The third kappa shape index (κ3) is 4.49. The second-order valence-corrected chi connectivity index (χ2v) is 5.98. The molecule has 0 saturated carbocycles. The van der Waals surface area contributed by atoms with Gasteiger partial charge in [0.2, 0.25) is 5.96 Å². The number of aliphatic imine (C=N–C) groups is 1. The number of ether oxygens (including phenoxy) is 1. The quantitative estimate of drug-likeness (QED) is 0.875. The Morgan fingerprint density at radius 1 is 1.15 bits per heavy atom. The Kier molecular flexibility index (Phi) is 5.68. The Bertz CT molecular complexity index is 795. The standard InChI is InChI=1S/C18H16ClF2N3O2/c19-13-4-2-12(3-5-13)16(25)23-18-22-10-1-11-24(18)14-6-8-15(9-7-14)26-17(20)21/h2-9,17H,1,10-11H2,(H,22,23,25). The molecule has 0 saturated heterocycles. The zero-order valence-electron chi connectivity index (χ0n) is 13.7. The van der Waals surface area contributed by atoms with Crippen molar-refractivity contribution < 1.29 is 18.3 Å². The van der Waals surface area contributed by atoms with Gasteiger partial charge in [-0.15, -0.1) is 0 Å². The van der Waals surface area contributed by atoms with Crippen molar-refractivity contribution in [2.24, 2.45) is 4.99 Å². The zero-order valence-corrected chi connectivity index (χ0v) is 14.4. The molecule has 0 radical (unpaired) electrons. The average Bonchev–Trinajstić information content (AvgIpc) is 2.63. The molecule has 1 N–H and O–H groups in total. The van der Waals surface area contributed by atoms with Gasteiger partial charge >= 0.3 is 6.61 Å². The molecule has 1 aliphatic heterocycles. The molecule has 1 heterocycles. The summed E-state index contributed by atoms with van der Waals surface area (Å²) in [5.74, 6) is 0.188. The van der Waals surface area contributed by atoms with Gasteiger partial charge in [0.25, 0.3) is 5.91 Å². The van der Waals surface area contributed by atoms with Crippen LogP contribution in [0, 0.1) is 0 Å². The maximum absolute atomic E-state index is 12.4. The molecule has 0 atom stereocenters. The fourth-order valence-electron chi connectivity index (χ4n) is 2.55. The third-order valence-electron chi connectivity index (χ3n) is 3.76. The monoisotopic (exact) mass is 379 g/mol. The summed E-state index contributed by atoms with van der Waals surface area (Å²) in [6, 6.07) is 12.7. The molecule has 8 heteroatoms. The maximum atomic E-state index is 12.4. The Hall–Kier alpha value is -2.67. The summed E-state index contributed by atoms with van der Waals surface area (Å²) in [4.78, 5) is 18.6. The van der Waals surface area contributed by atoms with E-state index >= 15 is 0 Å². The van der Waals surface area contributed by atoms with Crippen LogP contribution in [0.2, 0.25) is 5.02 Å². The van der Waals surface area contributed by atoms with Crippen LogP contribution in [0.3, 0.4) is 0 Å². The van der Waals surface area contributed by atoms with E-state index in [-0.39, 0.29) is 11.7 Å². The molecule has 0 bridgehead atoms. The summed E-state index contributed by atoms with van der Waals surface area (Å²) in [5, 5.41) is 3.34. The smallest absolute Gasteiger partial charge is 0.387 e. The number of hydrogen-bond acceptors (Lipinski definition) is 4.